The van der Waals surface area contributed by atoms with Crippen molar-refractivity contribution < 1.29 is 14.3 Å². The number of methoxy groups -OCH3 is 1. The van der Waals surface area contributed by atoms with Crippen LogP contribution in [0.2, 0.25) is 0 Å². The van der Waals surface area contributed by atoms with Gasteiger partial charge in [-0.3, -0.25) is 4.79 Å². The van der Waals surface area contributed by atoms with Gasteiger partial charge in [0.05, 0.1) is 18.6 Å². The van der Waals surface area contributed by atoms with Crippen LogP contribution in [0.25, 0.3) is 0 Å². The van der Waals surface area contributed by atoms with Crippen molar-refractivity contribution in [3.05, 3.63) is 71.8 Å². The Hall–Kier alpha value is -2.86. The number of hydrogen-bond acceptors (Lipinski definition) is 3. The van der Waals surface area contributed by atoms with E-state index in [1.54, 1.807) is 7.11 Å². The second-order valence-electron chi connectivity index (χ2n) is 7.28. The molecule has 1 aliphatic rings. The van der Waals surface area contributed by atoms with E-state index in [1.807, 2.05) is 65.6 Å². The maximum absolute atomic E-state index is 13.0. The van der Waals surface area contributed by atoms with Gasteiger partial charge in [-0.25, -0.2) is 4.79 Å². The molecule has 0 bridgehead atoms. The Morgan fingerprint density at radius 2 is 1.69 bits per heavy atom. The number of hydrogen-bond donors (Lipinski definition) is 2. The van der Waals surface area contributed by atoms with Crippen LogP contribution in [0.4, 0.5) is 4.79 Å². The van der Waals surface area contributed by atoms with E-state index >= 15 is 0 Å². The summed E-state index contributed by atoms with van der Waals surface area (Å²) < 4.78 is 5.00. The first kappa shape index (κ1) is 20.9. The van der Waals surface area contributed by atoms with Gasteiger partial charge in [-0.1, -0.05) is 60.7 Å². The van der Waals surface area contributed by atoms with E-state index in [-0.39, 0.29) is 23.9 Å². The molecular formula is C23H29N3O3. The zero-order valence-corrected chi connectivity index (χ0v) is 16.8. The molecule has 2 aromatic rings. The third kappa shape index (κ3) is 5.81. The Labute approximate surface area is 172 Å². The van der Waals surface area contributed by atoms with Gasteiger partial charge < -0.3 is 20.3 Å². The monoisotopic (exact) mass is 395 g/mol. The molecule has 0 spiro atoms. The second-order valence-corrected chi connectivity index (χ2v) is 7.28. The van der Waals surface area contributed by atoms with Gasteiger partial charge in [-0.05, 0) is 24.0 Å². The van der Waals surface area contributed by atoms with E-state index in [0.717, 1.165) is 24.0 Å². The smallest absolute Gasteiger partial charge is 0.318 e. The number of rotatable bonds is 7. The van der Waals surface area contributed by atoms with Crippen LogP contribution < -0.4 is 10.6 Å². The number of nitrogens with zero attached hydrogens (tertiary/aromatic N) is 1. The van der Waals surface area contributed by atoms with Crippen molar-refractivity contribution in [2.45, 2.75) is 25.4 Å². The molecule has 29 heavy (non-hydrogen) atoms. The maximum Gasteiger partial charge on any atom is 0.318 e. The molecule has 1 aliphatic heterocycles. The highest BCUT2D eigenvalue weighted by Gasteiger charge is 2.35. The first-order chi connectivity index (χ1) is 14.2. The molecule has 0 saturated carbocycles. The minimum atomic E-state index is -0.214. The third-order valence-corrected chi connectivity index (χ3v) is 5.29. The van der Waals surface area contributed by atoms with Crippen molar-refractivity contribution in [3.63, 3.8) is 0 Å². The molecule has 1 fully saturated rings. The predicted octanol–water partition coefficient (Wildman–Crippen LogP) is 3.11. The van der Waals surface area contributed by atoms with Gasteiger partial charge in [-0.15, -0.1) is 0 Å². The van der Waals surface area contributed by atoms with Crippen molar-refractivity contribution in [2.24, 2.45) is 5.92 Å². The van der Waals surface area contributed by atoms with E-state index in [0.29, 0.717) is 26.2 Å². The molecule has 1 heterocycles. The highest BCUT2D eigenvalue weighted by molar-refractivity contribution is 5.81. The Morgan fingerprint density at radius 3 is 2.38 bits per heavy atom. The molecule has 0 radical (unpaired) electrons. The lowest BCUT2D eigenvalue weighted by Gasteiger charge is -2.39. The third-order valence-electron chi connectivity index (χ3n) is 5.29. The number of amides is 3. The SMILES string of the molecule is COCCNC(=O)C1CCC(c2ccccc2)N(C(=O)NCc2ccccc2)C1. The molecule has 2 N–H and O–H groups in total. The van der Waals surface area contributed by atoms with Crippen LogP contribution in [0.1, 0.15) is 30.0 Å². The predicted molar refractivity (Wildman–Crippen MR) is 112 cm³/mol. The highest BCUT2D eigenvalue weighted by Crippen LogP contribution is 2.33. The number of piperidine rings is 1. The van der Waals surface area contributed by atoms with Crippen molar-refractivity contribution in [2.75, 3.05) is 26.8 Å². The van der Waals surface area contributed by atoms with Gasteiger partial charge in [-0.2, -0.15) is 0 Å². The largest absolute Gasteiger partial charge is 0.383 e. The normalized spacial score (nSPS) is 18.9. The Kier molecular flexibility index (Phi) is 7.64. The van der Waals surface area contributed by atoms with Crippen LogP contribution in [0.5, 0.6) is 0 Å². The first-order valence-electron chi connectivity index (χ1n) is 10.1. The lowest BCUT2D eigenvalue weighted by Crippen LogP contribution is -2.50. The zero-order valence-electron chi connectivity index (χ0n) is 16.8. The summed E-state index contributed by atoms with van der Waals surface area (Å²) in [6, 6.07) is 19.7. The van der Waals surface area contributed by atoms with Gasteiger partial charge in [0.15, 0.2) is 0 Å². The van der Waals surface area contributed by atoms with Crippen molar-refractivity contribution in [1.29, 1.82) is 0 Å². The molecule has 1 saturated heterocycles. The van der Waals surface area contributed by atoms with Gasteiger partial charge in [0.25, 0.3) is 0 Å². The summed E-state index contributed by atoms with van der Waals surface area (Å²) in [5, 5.41) is 5.92. The molecule has 3 rings (SSSR count). The summed E-state index contributed by atoms with van der Waals surface area (Å²) in [5.74, 6) is -0.233. The fourth-order valence-electron chi connectivity index (χ4n) is 3.73. The van der Waals surface area contributed by atoms with Crippen molar-refractivity contribution >= 4 is 11.9 Å². The standard InChI is InChI=1S/C23H29N3O3/c1-29-15-14-24-22(27)20-12-13-21(19-10-6-3-7-11-19)26(17-20)23(28)25-16-18-8-4-2-5-9-18/h2-11,20-21H,12-17H2,1H3,(H,24,27)(H,25,28). The zero-order chi connectivity index (χ0) is 20.5. The summed E-state index contributed by atoms with van der Waals surface area (Å²) in [5.41, 5.74) is 2.14. The average molecular weight is 396 g/mol. The molecule has 154 valence electrons. The van der Waals surface area contributed by atoms with Gasteiger partial charge in [0.2, 0.25) is 5.91 Å². The van der Waals surface area contributed by atoms with Gasteiger partial charge in [0.1, 0.15) is 0 Å². The number of ether oxygens (including phenoxy) is 1. The lowest BCUT2D eigenvalue weighted by atomic mass is 9.88. The average Bonchev–Trinajstić information content (AvgIpc) is 2.78. The van der Waals surface area contributed by atoms with E-state index in [9.17, 15) is 9.59 Å². The first-order valence-corrected chi connectivity index (χ1v) is 10.1. The maximum atomic E-state index is 13.0. The summed E-state index contributed by atoms with van der Waals surface area (Å²) >= 11 is 0. The summed E-state index contributed by atoms with van der Waals surface area (Å²) in [6.07, 6.45) is 1.51. The van der Waals surface area contributed by atoms with E-state index in [1.165, 1.54) is 0 Å². The quantitative estimate of drug-likeness (QED) is 0.708. The summed E-state index contributed by atoms with van der Waals surface area (Å²) in [7, 11) is 1.61. The van der Waals surface area contributed by atoms with Crippen LogP contribution >= 0.6 is 0 Å². The Balaban J connectivity index is 1.69. The minimum Gasteiger partial charge on any atom is -0.383 e. The van der Waals surface area contributed by atoms with Gasteiger partial charge in [0, 0.05) is 26.7 Å². The fraction of sp³-hybridized carbons (Fsp3) is 0.391. The topological polar surface area (TPSA) is 70.7 Å². The van der Waals surface area contributed by atoms with E-state index in [2.05, 4.69) is 10.6 Å². The second kappa shape index (κ2) is 10.6. The molecule has 2 aromatic carbocycles. The Morgan fingerprint density at radius 1 is 1.00 bits per heavy atom. The summed E-state index contributed by atoms with van der Waals surface area (Å²) in [4.78, 5) is 27.4. The molecule has 3 amide bonds. The Bertz CT molecular complexity index is 782. The lowest BCUT2D eigenvalue weighted by molar-refractivity contribution is -0.127. The summed E-state index contributed by atoms with van der Waals surface area (Å²) in [6.45, 7) is 1.82. The molecule has 2 unspecified atom stereocenters. The van der Waals surface area contributed by atoms with E-state index in [4.69, 9.17) is 4.74 Å². The number of urea groups is 1. The molecule has 6 nitrogen and oxygen atoms in total. The highest BCUT2D eigenvalue weighted by atomic mass is 16.5. The van der Waals surface area contributed by atoms with Crippen LogP contribution in [0.3, 0.4) is 0 Å². The molecule has 0 aliphatic carbocycles. The molecule has 0 aromatic heterocycles. The molecule has 6 heteroatoms. The number of carbonyl (C=O) groups is 2. The number of benzene rings is 2. The molecular weight excluding hydrogens is 366 g/mol. The van der Waals surface area contributed by atoms with E-state index < -0.39 is 0 Å². The minimum absolute atomic E-state index is 0.0191. The van der Waals surface area contributed by atoms with Crippen LogP contribution in [-0.4, -0.2) is 43.6 Å². The van der Waals surface area contributed by atoms with Crippen LogP contribution in [-0.2, 0) is 16.1 Å². The van der Waals surface area contributed by atoms with Crippen LogP contribution in [0.15, 0.2) is 60.7 Å². The molecule has 2 atom stereocenters. The van der Waals surface area contributed by atoms with Gasteiger partial charge >= 0.3 is 6.03 Å². The number of likely N-dealkylation sites (tertiary alicyclic amines) is 1. The van der Waals surface area contributed by atoms with Crippen molar-refractivity contribution in [1.82, 2.24) is 15.5 Å². The van der Waals surface area contributed by atoms with Crippen LogP contribution in [0, 0.1) is 5.92 Å². The number of nitrogens with one attached hydrogen (secondary N) is 2. The number of carbonyl (C=O) groups excluding carboxylic acids is 2. The van der Waals surface area contributed by atoms with Crippen molar-refractivity contribution in [3.8, 4) is 0 Å². The fourth-order valence-corrected chi connectivity index (χ4v) is 3.73.